The van der Waals surface area contributed by atoms with Gasteiger partial charge in [-0.2, -0.15) is 21.6 Å². The van der Waals surface area contributed by atoms with Crippen LogP contribution in [0.1, 0.15) is 12.8 Å². The minimum atomic E-state index is -4.63. The first-order valence-corrected chi connectivity index (χ1v) is 5.34. The summed E-state index contributed by atoms with van der Waals surface area (Å²) < 4.78 is 86.7. The third-order valence-electron chi connectivity index (χ3n) is 1.18. The lowest BCUT2D eigenvalue weighted by atomic mass is 10.5. The Labute approximate surface area is 88.7 Å². The summed E-state index contributed by atoms with van der Waals surface area (Å²) in [5, 5.41) is 0. The lowest BCUT2D eigenvalue weighted by molar-refractivity contribution is -0.139. The van der Waals surface area contributed by atoms with Crippen molar-refractivity contribution < 1.29 is 38.7 Å². The van der Waals surface area contributed by atoms with Crippen molar-refractivity contribution in [2.24, 2.45) is 0 Å². The Balaban J connectivity index is 3.80. The van der Waals surface area contributed by atoms with Gasteiger partial charge in [0.25, 0.3) is 0 Å². The third kappa shape index (κ3) is 10.1. The molecule has 0 aliphatic rings. The van der Waals surface area contributed by atoms with Gasteiger partial charge < -0.3 is 0 Å². The van der Waals surface area contributed by atoms with Crippen LogP contribution in [-0.4, -0.2) is 34.2 Å². The average Bonchev–Trinajstić information content (AvgIpc) is 1.99. The summed E-state index contributed by atoms with van der Waals surface area (Å²) in [5.74, 6) is 0. The van der Waals surface area contributed by atoms with E-state index in [-0.39, 0.29) is 0 Å². The molecule has 98 valence electrons. The fourth-order valence-corrected chi connectivity index (χ4v) is 1.19. The normalized spacial score (nSPS) is 13.4. The zero-order valence-electron chi connectivity index (χ0n) is 7.84. The summed E-state index contributed by atoms with van der Waals surface area (Å²) in [4.78, 5) is 0. The Morgan fingerprint density at radius 3 is 2.00 bits per heavy atom. The summed E-state index contributed by atoms with van der Waals surface area (Å²) in [7, 11) is -4.63. The third-order valence-corrected chi connectivity index (χ3v) is 2.09. The second-order valence-corrected chi connectivity index (χ2v) is 3.89. The van der Waals surface area contributed by atoms with E-state index in [1.165, 1.54) is 0 Å². The zero-order chi connectivity index (χ0) is 12.8. The Bertz CT molecular complexity index is 286. The SMILES string of the molecule is O=S(=O)(OCCC(F)F)OCCC(F)(F)F. The van der Waals surface area contributed by atoms with E-state index < -0.39 is 49.1 Å². The molecule has 0 atom stereocenters. The molecular formula is C6H9F5O4S. The van der Waals surface area contributed by atoms with E-state index in [9.17, 15) is 30.4 Å². The van der Waals surface area contributed by atoms with Crippen molar-refractivity contribution in [3.63, 3.8) is 0 Å². The number of hydrogen-bond acceptors (Lipinski definition) is 4. The van der Waals surface area contributed by atoms with Gasteiger partial charge in [-0.25, -0.2) is 17.1 Å². The Morgan fingerprint density at radius 2 is 1.56 bits per heavy atom. The Hall–Kier alpha value is -0.480. The molecule has 0 saturated heterocycles. The van der Waals surface area contributed by atoms with Crippen LogP contribution in [0.4, 0.5) is 22.0 Å². The van der Waals surface area contributed by atoms with Crippen LogP contribution < -0.4 is 0 Å². The molecule has 0 heterocycles. The van der Waals surface area contributed by atoms with Gasteiger partial charge in [0.1, 0.15) is 0 Å². The molecule has 16 heavy (non-hydrogen) atoms. The van der Waals surface area contributed by atoms with Crippen LogP contribution in [-0.2, 0) is 18.8 Å². The van der Waals surface area contributed by atoms with Crippen molar-refractivity contribution in [1.29, 1.82) is 0 Å². The van der Waals surface area contributed by atoms with Crippen molar-refractivity contribution in [3.05, 3.63) is 0 Å². The molecule has 0 aliphatic carbocycles. The summed E-state index contributed by atoms with van der Waals surface area (Å²) in [6.07, 6.45) is -9.63. The van der Waals surface area contributed by atoms with Gasteiger partial charge in [0.05, 0.1) is 19.6 Å². The predicted octanol–water partition coefficient (Wildman–Crippen LogP) is 1.87. The number of alkyl halides is 5. The first-order valence-electron chi connectivity index (χ1n) is 4.01. The predicted molar refractivity (Wildman–Crippen MR) is 42.1 cm³/mol. The minimum Gasteiger partial charge on any atom is -0.248 e. The van der Waals surface area contributed by atoms with Gasteiger partial charge in [-0.3, -0.25) is 0 Å². The van der Waals surface area contributed by atoms with E-state index in [1.807, 2.05) is 0 Å². The number of hydrogen-bond donors (Lipinski definition) is 0. The van der Waals surface area contributed by atoms with Crippen LogP contribution in [0.5, 0.6) is 0 Å². The van der Waals surface area contributed by atoms with Crippen molar-refractivity contribution in [3.8, 4) is 0 Å². The van der Waals surface area contributed by atoms with Crippen molar-refractivity contribution in [2.75, 3.05) is 13.2 Å². The fourth-order valence-electron chi connectivity index (χ4n) is 0.533. The van der Waals surface area contributed by atoms with Crippen LogP contribution in [0, 0.1) is 0 Å². The molecule has 0 aliphatic heterocycles. The summed E-state index contributed by atoms with van der Waals surface area (Å²) in [6, 6.07) is 0. The van der Waals surface area contributed by atoms with Gasteiger partial charge in [-0.05, 0) is 0 Å². The first-order chi connectivity index (χ1) is 7.12. The van der Waals surface area contributed by atoms with E-state index in [2.05, 4.69) is 8.37 Å². The van der Waals surface area contributed by atoms with E-state index in [0.29, 0.717) is 0 Å². The van der Waals surface area contributed by atoms with Crippen molar-refractivity contribution in [2.45, 2.75) is 25.4 Å². The van der Waals surface area contributed by atoms with Crippen LogP contribution in [0.3, 0.4) is 0 Å². The highest BCUT2D eigenvalue weighted by atomic mass is 32.3. The molecule has 0 aromatic carbocycles. The zero-order valence-corrected chi connectivity index (χ0v) is 8.65. The Kier molecular flexibility index (Phi) is 6.11. The van der Waals surface area contributed by atoms with Crippen LogP contribution >= 0.6 is 0 Å². The molecule has 0 unspecified atom stereocenters. The van der Waals surface area contributed by atoms with E-state index in [0.717, 1.165) is 0 Å². The van der Waals surface area contributed by atoms with Crippen LogP contribution in [0.2, 0.25) is 0 Å². The molecule has 0 saturated carbocycles. The van der Waals surface area contributed by atoms with Gasteiger partial charge in [-0.15, -0.1) is 0 Å². The highest BCUT2D eigenvalue weighted by Crippen LogP contribution is 2.19. The lowest BCUT2D eigenvalue weighted by Gasteiger charge is -2.07. The van der Waals surface area contributed by atoms with Gasteiger partial charge in [0.15, 0.2) is 0 Å². The molecule has 0 aromatic rings. The molecule has 0 spiro atoms. The highest BCUT2D eigenvalue weighted by molar-refractivity contribution is 7.81. The molecule has 0 aromatic heterocycles. The molecule has 0 radical (unpaired) electrons. The monoisotopic (exact) mass is 272 g/mol. The molecule has 0 N–H and O–H groups in total. The first kappa shape index (κ1) is 15.5. The molecule has 10 heteroatoms. The standard InChI is InChI=1S/C6H9F5O4S/c7-5(8)1-3-14-16(12,13)15-4-2-6(9,10)11/h5H,1-4H2. The molecular weight excluding hydrogens is 263 g/mol. The van der Waals surface area contributed by atoms with E-state index in [1.54, 1.807) is 0 Å². The second kappa shape index (κ2) is 6.30. The molecule has 0 rings (SSSR count). The largest absolute Gasteiger partial charge is 0.399 e. The molecule has 4 nitrogen and oxygen atoms in total. The van der Waals surface area contributed by atoms with Gasteiger partial charge in [-0.1, -0.05) is 0 Å². The van der Waals surface area contributed by atoms with Crippen molar-refractivity contribution in [1.82, 2.24) is 0 Å². The smallest absolute Gasteiger partial charge is 0.248 e. The van der Waals surface area contributed by atoms with E-state index in [4.69, 9.17) is 0 Å². The number of rotatable bonds is 7. The van der Waals surface area contributed by atoms with Crippen LogP contribution in [0.15, 0.2) is 0 Å². The summed E-state index contributed by atoms with van der Waals surface area (Å²) in [5.41, 5.74) is 0. The summed E-state index contributed by atoms with van der Waals surface area (Å²) in [6.45, 7) is -1.98. The maximum atomic E-state index is 11.6. The lowest BCUT2D eigenvalue weighted by Crippen LogP contribution is -2.17. The minimum absolute atomic E-state index is 0.841. The fraction of sp³-hybridized carbons (Fsp3) is 1.00. The van der Waals surface area contributed by atoms with Crippen molar-refractivity contribution >= 4 is 10.4 Å². The van der Waals surface area contributed by atoms with Gasteiger partial charge in [0.2, 0.25) is 6.43 Å². The number of halogens is 5. The second-order valence-electron chi connectivity index (χ2n) is 2.60. The summed E-state index contributed by atoms with van der Waals surface area (Å²) >= 11 is 0. The van der Waals surface area contributed by atoms with Crippen LogP contribution in [0.25, 0.3) is 0 Å². The topological polar surface area (TPSA) is 52.6 Å². The maximum Gasteiger partial charge on any atom is 0.399 e. The Morgan fingerprint density at radius 1 is 1.06 bits per heavy atom. The molecule has 0 bridgehead atoms. The van der Waals surface area contributed by atoms with Gasteiger partial charge in [0, 0.05) is 6.42 Å². The highest BCUT2D eigenvalue weighted by Gasteiger charge is 2.28. The van der Waals surface area contributed by atoms with E-state index >= 15 is 0 Å². The molecule has 0 amide bonds. The van der Waals surface area contributed by atoms with Gasteiger partial charge >= 0.3 is 16.6 Å². The average molecular weight is 272 g/mol. The molecule has 0 fully saturated rings. The maximum absolute atomic E-state index is 11.6. The quantitative estimate of drug-likeness (QED) is 0.664.